The second-order valence-corrected chi connectivity index (χ2v) is 4.80. The highest BCUT2D eigenvalue weighted by Gasteiger charge is 2.25. The first-order valence-corrected chi connectivity index (χ1v) is 6.42. The van der Waals surface area contributed by atoms with Crippen LogP contribution in [0.5, 0.6) is 0 Å². The molecule has 0 radical (unpaired) electrons. The van der Waals surface area contributed by atoms with E-state index in [0.29, 0.717) is 0 Å². The number of hydrogen-bond acceptors (Lipinski definition) is 4. The predicted molar refractivity (Wildman–Crippen MR) is 71.5 cm³/mol. The highest BCUT2D eigenvalue weighted by atomic mass is 35.5. The van der Waals surface area contributed by atoms with E-state index in [4.69, 9.17) is 11.6 Å². The van der Waals surface area contributed by atoms with Crippen LogP contribution in [0.15, 0.2) is 18.2 Å². The van der Waals surface area contributed by atoms with Crippen LogP contribution in [0.2, 0.25) is 5.02 Å². The summed E-state index contributed by atoms with van der Waals surface area (Å²) in [5, 5.41) is 17.0. The normalized spacial score (nSPS) is 16.1. The van der Waals surface area contributed by atoms with Crippen LogP contribution in [0.3, 0.4) is 0 Å². The molecule has 0 atom stereocenters. The van der Waals surface area contributed by atoms with Gasteiger partial charge in [0, 0.05) is 12.1 Å². The number of nitrogens with zero attached hydrogens (tertiary/aromatic N) is 1. The maximum absolute atomic E-state index is 12.1. The molecule has 0 aromatic heterocycles. The van der Waals surface area contributed by atoms with Gasteiger partial charge in [-0.1, -0.05) is 17.7 Å². The fourth-order valence-electron chi connectivity index (χ4n) is 2.11. The molecular formula is C12H14ClN3O3. The number of carbonyl (C=O) groups excluding carboxylic acids is 1. The average molecular weight is 284 g/mol. The molecule has 1 fully saturated rings. The summed E-state index contributed by atoms with van der Waals surface area (Å²) in [5.41, 5.74) is -0.327. The summed E-state index contributed by atoms with van der Waals surface area (Å²) in [4.78, 5) is 22.5. The zero-order valence-electron chi connectivity index (χ0n) is 10.2. The van der Waals surface area contributed by atoms with Crippen molar-refractivity contribution in [1.82, 2.24) is 10.6 Å². The molecule has 1 saturated heterocycles. The molecule has 1 aromatic rings. The van der Waals surface area contributed by atoms with Gasteiger partial charge in [0.25, 0.3) is 11.6 Å². The molecule has 1 aliphatic heterocycles. The number of hydrogen-bond donors (Lipinski definition) is 2. The summed E-state index contributed by atoms with van der Waals surface area (Å²) in [6, 6.07) is 4.25. The lowest BCUT2D eigenvalue weighted by Crippen LogP contribution is -2.42. The van der Waals surface area contributed by atoms with Gasteiger partial charge in [0.1, 0.15) is 5.56 Å². The van der Waals surface area contributed by atoms with Gasteiger partial charge in [-0.15, -0.1) is 0 Å². The van der Waals surface area contributed by atoms with Crippen molar-refractivity contribution < 1.29 is 9.72 Å². The van der Waals surface area contributed by atoms with E-state index in [0.717, 1.165) is 25.9 Å². The number of piperidine rings is 1. The highest BCUT2D eigenvalue weighted by Crippen LogP contribution is 2.26. The van der Waals surface area contributed by atoms with Gasteiger partial charge in [0.15, 0.2) is 0 Å². The fourth-order valence-corrected chi connectivity index (χ4v) is 2.37. The molecule has 1 aliphatic rings. The summed E-state index contributed by atoms with van der Waals surface area (Å²) in [6.45, 7) is 1.66. The molecule has 2 N–H and O–H groups in total. The van der Waals surface area contributed by atoms with Crippen molar-refractivity contribution in [3.05, 3.63) is 38.9 Å². The first-order chi connectivity index (χ1) is 9.09. The summed E-state index contributed by atoms with van der Waals surface area (Å²) in [7, 11) is 0. The molecule has 1 heterocycles. The van der Waals surface area contributed by atoms with Gasteiger partial charge >= 0.3 is 0 Å². The van der Waals surface area contributed by atoms with Crippen LogP contribution in [0, 0.1) is 10.1 Å². The van der Waals surface area contributed by atoms with Crippen molar-refractivity contribution in [2.75, 3.05) is 13.1 Å². The molecule has 19 heavy (non-hydrogen) atoms. The Morgan fingerprint density at radius 2 is 2.11 bits per heavy atom. The average Bonchev–Trinajstić information content (AvgIpc) is 2.39. The lowest BCUT2D eigenvalue weighted by atomic mass is 10.1. The molecule has 0 bridgehead atoms. The Morgan fingerprint density at radius 1 is 1.42 bits per heavy atom. The van der Waals surface area contributed by atoms with Crippen LogP contribution in [0.25, 0.3) is 0 Å². The van der Waals surface area contributed by atoms with E-state index in [9.17, 15) is 14.9 Å². The molecule has 102 valence electrons. The summed E-state index contributed by atoms with van der Waals surface area (Å²) in [6.07, 6.45) is 1.62. The van der Waals surface area contributed by atoms with Gasteiger partial charge in [-0.05, 0) is 32.0 Å². The van der Waals surface area contributed by atoms with Gasteiger partial charge in [-0.2, -0.15) is 0 Å². The molecule has 1 amide bonds. The standard InChI is InChI=1S/C12H14ClN3O3/c13-9-2-1-3-10(16(18)19)11(9)12(17)15-8-4-6-14-7-5-8/h1-3,8,14H,4-7H2,(H,15,17). The molecule has 0 aliphatic carbocycles. The second-order valence-electron chi connectivity index (χ2n) is 4.39. The van der Waals surface area contributed by atoms with Crippen molar-refractivity contribution in [3.63, 3.8) is 0 Å². The monoisotopic (exact) mass is 283 g/mol. The summed E-state index contributed by atoms with van der Waals surface area (Å²) in [5.74, 6) is -0.482. The molecule has 7 heteroatoms. The first kappa shape index (κ1) is 13.8. The number of nitro benzene ring substituents is 1. The van der Waals surface area contributed by atoms with Crippen LogP contribution in [0.1, 0.15) is 23.2 Å². The first-order valence-electron chi connectivity index (χ1n) is 6.04. The van der Waals surface area contributed by atoms with Crippen LogP contribution in [-0.2, 0) is 0 Å². The van der Waals surface area contributed by atoms with E-state index in [1.807, 2.05) is 0 Å². The largest absolute Gasteiger partial charge is 0.349 e. The Hall–Kier alpha value is -1.66. The number of rotatable bonds is 3. The SMILES string of the molecule is O=C(NC1CCNCC1)c1c(Cl)cccc1[N+](=O)[O-]. The molecule has 0 saturated carbocycles. The van der Waals surface area contributed by atoms with Crippen molar-refractivity contribution in [3.8, 4) is 0 Å². The minimum Gasteiger partial charge on any atom is -0.349 e. The van der Waals surface area contributed by atoms with E-state index in [2.05, 4.69) is 10.6 Å². The third-order valence-corrected chi connectivity index (χ3v) is 3.40. The van der Waals surface area contributed by atoms with E-state index in [1.54, 1.807) is 0 Å². The highest BCUT2D eigenvalue weighted by molar-refractivity contribution is 6.34. The van der Waals surface area contributed by atoms with Crippen LogP contribution >= 0.6 is 11.6 Å². The zero-order valence-corrected chi connectivity index (χ0v) is 10.9. The Balaban J connectivity index is 2.20. The van der Waals surface area contributed by atoms with E-state index in [1.165, 1.54) is 18.2 Å². The van der Waals surface area contributed by atoms with Gasteiger partial charge in [0.05, 0.1) is 9.95 Å². The lowest BCUT2D eigenvalue weighted by Gasteiger charge is -2.23. The predicted octanol–water partition coefficient (Wildman–Crippen LogP) is 1.73. The van der Waals surface area contributed by atoms with E-state index >= 15 is 0 Å². The van der Waals surface area contributed by atoms with Crippen molar-refractivity contribution in [2.24, 2.45) is 0 Å². The van der Waals surface area contributed by atoms with Crippen molar-refractivity contribution in [2.45, 2.75) is 18.9 Å². The van der Waals surface area contributed by atoms with Crippen molar-refractivity contribution in [1.29, 1.82) is 0 Å². The van der Waals surface area contributed by atoms with Crippen LogP contribution < -0.4 is 10.6 Å². The molecular weight excluding hydrogens is 270 g/mol. The summed E-state index contributed by atoms with van der Waals surface area (Å²) < 4.78 is 0. The number of nitro groups is 1. The smallest absolute Gasteiger partial charge is 0.283 e. The fraction of sp³-hybridized carbons (Fsp3) is 0.417. The molecule has 1 aromatic carbocycles. The minimum absolute atomic E-state index is 0.0321. The number of carbonyl (C=O) groups is 1. The van der Waals surface area contributed by atoms with Gasteiger partial charge in [-0.3, -0.25) is 14.9 Å². The number of benzene rings is 1. The second kappa shape index (κ2) is 5.99. The molecule has 0 unspecified atom stereocenters. The molecule has 0 spiro atoms. The van der Waals surface area contributed by atoms with Gasteiger partial charge < -0.3 is 10.6 Å². The Bertz CT molecular complexity index is 501. The Labute approximate surface area is 115 Å². The quantitative estimate of drug-likeness (QED) is 0.653. The summed E-state index contributed by atoms with van der Waals surface area (Å²) >= 11 is 5.91. The maximum atomic E-state index is 12.1. The maximum Gasteiger partial charge on any atom is 0.283 e. The topological polar surface area (TPSA) is 84.3 Å². The van der Waals surface area contributed by atoms with Crippen molar-refractivity contribution >= 4 is 23.2 Å². The van der Waals surface area contributed by atoms with Gasteiger partial charge in [0.2, 0.25) is 0 Å². The van der Waals surface area contributed by atoms with Gasteiger partial charge in [-0.25, -0.2) is 0 Å². The zero-order chi connectivity index (χ0) is 13.8. The van der Waals surface area contributed by atoms with E-state index < -0.39 is 10.8 Å². The number of nitrogens with one attached hydrogen (secondary N) is 2. The minimum atomic E-state index is -0.594. The molecule has 2 rings (SSSR count). The Morgan fingerprint density at radius 3 is 2.74 bits per heavy atom. The van der Waals surface area contributed by atoms with E-state index in [-0.39, 0.29) is 22.3 Å². The third-order valence-electron chi connectivity index (χ3n) is 3.09. The molecule has 6 nitrogen and oxygen atoms in total. The van der Waals surface area contributed by atoms with Crippen LogP contribution in [0.4, 0.5) is 5.69 Å². The van der Waals surface area contributed by atoms with Crippen LogP contribution in [-0.4, -0.2) is 30.0 Å². The lowest BCUT2D eigenvalue weighted by molar-refractivity contribution is -0.385. The third kappa shape index (κ3) is 3.21. The number of halogens is 1. The number of amides is 1. The Kier molecular flexibility index (Phi) is 4.34.